The van der Waals surface area contributed by atoms with E-state index >= 15 is 0 Å². The Morgan fingerprint density at radius 3 is 2.80 bits per heavy atom. The topological polar surface area (TPSA) is 80.6 Å². The SMILES string of the molecule is CCNC(=O)Nc1ccc2c(Cl)c(OC)oc(=O)c2c1. The van der Waals surface area contributed by atoms with Gasteiger partial charge in [0.2, 0.25) is 0 Å². The van der Waals surface area contributed by atoms with Crippen LogP contribution in [0.1, 0.15) is 6.92 Å². The predicted molar refractivity (Wildman–Crippen MR) is 76.7 cm³/mol. The van der Waals surface area contributed by atoms with Gasteiger partial charge in [-0.2, -0.15) is 0 Å². The smallest absolute Gasteiger partial charge is 0.346 e. The molecule has 0 atom stereocenters. The Morgan fingerprint density at radius 1 is 1.40 bits per heavy atom. The first-order valence-electron chi connectivity index (χ1n) is 5.92. The van der Waals surface area contributed by atoms with Crippen molar-refractivity contribution in [1.82, 2.24) is 5.32 Å². The lowest BCUT2D eigenvalue weighted by molar-refractivity contribution is 0.252. The van der Waals surface area contributed by atoms with Crippen molar-refractivity contribution in [3.8, 4) is 5.95 Å². The molecule has 0 radical (unpaired) electrons. The zero-order chi connectivity index (χ0) is 14.7. The van der Waals surface area contributed by atoms with Crippen LogP contribution in [0.5, 0.6) is 5.95 Å². The summed E-state index contributed by atoms with van der Waals surface area (Å²) in [6, 6.07) is 4.42. The largest absolute Gasteiger partial charge is 0.467 e. The first kappa shape index (κ1) is 14.2. The van der Waals surface area contributed by atoms with Crippen molar-refractivity contribution in [1.29, 1.82) is 0 Å². The van der Waals surface area contributed by atoms with Crippen LogP contribution >= 0.6 is 11.6 Å². The molecule has 1 heterocycles. The third-order valence-corrected chi connectivity index (χ3v) is 2.98. The summed E-state index contributed by atoms with van der Waals surface area (Å²) in [5.74, 6) is -0.0337. The van der Waals surface area contributed by atoms with E-state index in [0.29, 0.717) is 17.6 Å². The molecule has 106 valence electrons. The second kappa shape index (κ2) is 5.83. The highest BCUT2D eigenvalue weighted by Gasteiger charge is 2.13. The lowest BCUT2D eigenvalue weighted by Gasteiger charge is -2.08. The maximum Gasteiger partial charge on any atom is 0.346 e. The van der Waals surface area contributed by atoms with E-state index < -0.39 is 5.63 Å². The van der Waals surface area contributed by atoms with Gasteiger partial charge in [0.05, 0.1) is 12.5 Å². The van der Waals surface area contributed by atoms with Crippen molar-refractivity contribution >= 4 is 34.1 Å². The lowest BCUT2D eigenvalue weighted by Crippen LogP contribution is -2.28. The number of hydrogen-bond donors (Lipinski definition) is 2. The van der Waals surface area contributed by atoms with Crippen molar-refractivity contribution < 1.29 is 13.9 Å². The van der Waals surface area contributed by atoms with Gasteiger partial charge in [-0.3, -0.25) is 0 Å². The fraction of sp³-hybridized carbons (Fsp3) is 0.231. The molecule has 0 aliphatic heterocycles. The summed E-state index contributed by atoms with van der Waals surface area (Å²) in [6.07, 6.45) is 0. The maximum atomic E-state index is 11.8. The third kappa shape index (κ3) is 2.70. The number of halogens is 1. The van der Waals surface area contributed by atoms with Gasteiger partial charge in [0.15, 0.2) is 0 Å². The Morgan fingerprint density at radius 2 is 2.15 bits per heavy atom. The van der Waals surface area contributed by atoms with Crippen LogP contribution in [-0.2, 0) is 0 Å². The van der Waals surface area contributed by atoms with Gasteiger partial charge in [0.25, 0.3) is 0 Å². The zero-order valence-corrected chi connectivity index (χ0v) is 11.7. The van der Waals surface area contributed by atoms with Crippen molar-refractivity contribution in [3.63, 3.8) is 0 Å². The van der Waals surface area contributed by atoms with E-state index in [4.69, 9.17) is 20.8 Å². The number of ether oxygens (including phenoxy) is 1. The molecule has 0 aliphatic rings. The van der Waals surface area contributed by atoms with Crippen molar-refractivity contribution in [2.45, 2.75) is 6.92 Å². The molecule has 2 aromatic rings. The number of carbonyl (C=O) groups excluding carboxylic acids is 1. The molecule has 2 amide bonds. The second-order valence-corrected chi connectivity index (χ2v) is 4.32. The zero-order valence-electron chi connectivity index (χ0n) is 11.0. The van der Waals surface area contributed by atoms with Crippen LogP contribution in [0.25, 0.3) is 10.8 Å². The third-order valence-electron chi connectivity index (χ3n) is 2.62. The highest BCUT2D eigenvalue weighted by Crippen LogP contribution is 2.31. The van der Waals surface area contributed by atoms with Crippen LogP contribution in [0.15, 0.2) is 27.4 Å². The molecule has 2 rings (SSSR count). The number of fused-ring (bicyclic) bond motifs is 1. The number of nitrogens with one attached hydrogen (secondary N) is 2. The molecule has 0 bridgehead atoms. The number of rotatable bonds is 3. The van der Waals surface area contributed by atoms with Gasteiger partial charge in [0.1, 0.15) is 5.02 Å². The van der Waals surface area contributed by atoms with Crippen LogP contribution in [0.3, 0.4) is 0 Å². The molecular weight excluding hydrogens is 284 g/mol. The Labute approximate surface area is 119 Å². The minimum Gasteiger partial charge on any atom is -0.467 e. The van der Waals surface area contributed by atoms with E-state index in [-0.39, 0.29) is 22.4 Å². The molecule has 0 fully saturated rings. The van der Waals surface area contributed by atoms with Gasteiger partial charge in [-0.25, -0.2) is 9.59 Å². The van der Waals surface area contributed by atoms with Crippen LogP contribution < -0.4 is 21.0 Å². The summed E-state index contributed by atoms with van der Waals surface area (Å²) < 4.78 is 9.82. The number of amides is 2. The van der Waals surface area contributed by atoms with E-state index in [1.165, 1.54) is 13.2 Å². The summed E-state index contributed by atoms with van der Waals surface area (Å²) >= 11 is 6.06. The molecule has 2 N–H and O–H groups in total. The highest BCUT2D eigenvalue weighted by atomic mass is 35.5. The number of anilines is 1. The first-order chi connectivity index (χ1) is 9.56. The van der Waals surface area contributed by atoms with Gasteiger partial charge in [-0.05, 0) is 19.1 Å². The van der Waals surface area contributed by atoms with E-state index in [1.807, 2.05) is 0 Å². The molecule has 20 heavy (non-hydrogen) atoms. The van der Waals surface area contributed by atoms with Crippen LogP contribution in [-0.4, -0.2) is 19.7 Å². The number of carbonyl (C=O) groups is 1. The second-order valence-electron chi connectivity index (χ2n) is 3.94. The average molecular weight is 297 g/mol. The molecule has 1 aromatic carbocycles. The Bertz CT molecular complexity index is 711. The van der Waals surface area contributed by atoms with E-state index in [2.05, 4.69) is 10.6 Å². The summed E-state index contributed by atoms with van der Waals surface area (Å²) in [4.78, 5) is 23.3. The minimum absolute atomic E-state index is 0.0337. The van der Waals surface area contributed by atoms with Gasteiger partial charge < -0.3 is 19.8 Å². The predicted octanol–water partition coefficient (Wildman–Crippen LogP) is 2.60. The maximum absolute atomic E-state index is 11.8. The van der Waals surface area contributed by atoms with Crippen LogP contribution in [0.4, 0.5) is 10.5 Å². The number of urea groups is 1. The number of methoxy groups -OCH3 is 1. The van der Waals surface area contributed by atoms with Crippen LogP contribution in [0, 0.1) is 0 Å². The quantitative estimate of drug-likeness (QED) is 0.912. The Hall–Kier alpha value is -2.21. The number of hydrogen-bond acceptors (Lipinski definition) is 4. The fourth-order valence-electron chi connectivity index (χ4n) is 1.74. The molecule has 0 unspecified atom stereocenters. The van der Waals surface area contributed by atoms with Crippen molar-refractivity contribution in [2.24, 2.45) is 0 Å². The minimum atomic E-state index is -0.583. The normalized spacial score (nSPS) is 10.3. The van der Waals surface area contributed by atoms with Gasteiger partial charge in [-0.15, -0.1) is 0 Å². The Kier molecular flexibility index (Phi) is 4.14. The summed E-state index contributed by atoms with van der Waals surface area (Å²) in [7, 11) is 1.36. The summed E-state index contributed by atoms with van der Waals surface area (Å²) in [5.41, 5.74) is -0.113. The van der Waals surface area contributed by atoms with E-state index in [1.54, 1.807) is 19.1 Å². The molecule has 1 aromatic heterocycles. The molecule has 0 saturated carbocycles. The van der Waals surface area contributed by atoms with E-state index in [9.17, 15) is 9.59 Å². The fourth-order valence-corrected chi connectivity index (χ4v) is 2.02. The van der Waals surface area contributed by atoms with E-state index in [0.717, 1.165) is 0 Å². The van der Waals surface area contributed by atoms with Gasteiger partial charge in [-0.1, -0.05) is 17.7 Å². The molecule has 0 spiro atoms. The van der Waals surface area contributed by atoms with Gasteiger partial charge >= 0.3 is 17.6 Å². The first-order valence-corrected chi connectivity index (χ1v) is 6.29. The summed E-state index contributed by atoms with van der Waals surface area (Å²) in [6.45, 7) is 2.31. The summed E-state index contributed by atoms with van der Waals surface area (Å²) in [5, 5.41) is 6.18. The molecule has 6 nitrogen and oxygen atoms in total. The molecule has 0 saturated heterocycles. The highest BCUT2D eigenvalue weighted by molar-refractivity contribution is 6.36. The molecule has 0 aliphatic carbocycles. The average Bonchev–Trinajstić information content (AvgIpc) is 2.43. The Balaban J connectivity index is 2.47. The lowest BCUT2D eigenvalue weighted by atomic mass is 10.1. The molecule has 7 heteroatoms. The van der Waals surface area contributed by atoms with Crippen molar-refractivity contribution in [2.75, 3.05) is 19.0 Å². The van der Waals surface area contributed by atoms with Crippen LogP contribution in [0.2, 0.25) is 5.02 Å². The van der Waals surface area contributed by atoms with Crippen molar-refractivity contribution in [3.05, 3.63) is 33.6 Å². The van der Waals surface area contributed by atoms with Gasteiger partial charge in [0, 0.05) is 17.6 Å². The monoisotopic (exact) mass is 296 g/mol. The number of benzene rings is 1. The standard InChI is InChI=1S/C13H13ClN2O4/c1-3-15-13(18)16-7-4-5-8-9(6-7)11(17)20-12(19-2)10(8)14/h4-6H,3H2,1-2H3,(H2,15,16,18). The molecular formula is C13H13ClN2O4.